The number of aromatic nitrogens is 1. The number of nitrogens with one attached hydrogen (secondary N) is 1. The summed E-state index contributed by atoms with van der Waals surface area (Å²) in [6, 6.07) is 9.19. The second-order valence-electron chi connectivity index (χ2n) is 4.83. The van der Waals surface area contributed by atoms with Gasteiger partial charge in [-0.3, -0.25) is 4.98 Å². The van der Waals surface area contributed by atoms with Gasteiger partial charge in [0.05, 0.1) is 0 Å². The topological polar surface area (TPSA) is 28.2 Å². The van der Waals surface area contributed by atoms with Gasteiger partial charge in [0.2, 0.25) is 0 Å². The fourth-order valence-corrected chi connectivity index (χ4v) is 2.79. The predicted molar refractivity (Wildman–Crippen MR) is 76.0 cm³/mol. The summed E-state index contributed by atoms with van der Waals surface area (Å²) in [5, 5.41) is 6.01. The summed E-state index contributed by atoms with van der Waals surface area (Å²) in [7, 11) is 0. The van der Waals surface area contributed by atoms with Gasteiger partial charge in [0.15, 0.2) is 0 Å². The molecule has 0 aliphatic carbocycles. The van der Waals surface area contributed by atoms with Gasteiger partial charge in [-0.1, -0.05) is 19.1 Å². The van der Waals surface area contributed by atoms with Crippen LogP contribution in [-0.4, -0.2) is 30.7 Å². The lowest BCUT2D eigenvalue weighted by Crippen LogP contribution is -2.51. The molecule has 1 aromatic carbocycles. The first-order valence-electron chi connectivity index (χ1n) is 6.70. The summed E-state index contributed by atoms with van der Waals surface area (Å²) in [6.45, 7) is 5.47. The van der Waals surface area contributed by atoms with Gasteiger partial charge in [-0.2, -0.15) is 0 Å². The first kappa shape index (κ1) is 11.5. The monoisotopic (exact) mass is 241 g/mol. The first-order chi connectivity index (χ1) is 8.90. The van der Waals surface area contributed by atoms with E-state index in [0.29, 0.717) is 6.04 Å². The lowest BCUT2D eigenvalue weighted by Gasteiger charge is -2.38. The molecule has 1 aromatic heterocycles. The number of pyridine rings is 1. The number of hydrogen-bond donors (Lipinski definition) is 1. The lowest BCUT2D eigenvalue weighted by atomic mass is 10.1. The molecule has 0 saturated carbocycles. The molecule has 94 valence electrons. The molecule has 3 heteroatoms. The van der Waals surface area contributed by atoms with Gasteiger partial charge in [-0.25, -0.2) is 0 Å². The third-order valence-corrected chi connectivity index (χ3v) is 3.79. The number of benzene rings is 1. The summed E-state index contributed by atoms with van der Waals surface area (Å²) >= 11 is 0. The highest BCUT2D eigenvalue weighted by Gasteiger charge is 2.21. The molecule has 1 saturated heterocycles. The summed E-state index contributed by atoms with van der Waals surface area (Å²) in [6.07, 6.45) is 5.02. The maximum Gasteiger partial charge on any atom is 0.0464 e. The highest BCUT2D eigenvalue weighted by Crippen LogP contribution is 2.28. The van der Waals surface area contributed by atoms with Gasteiger partial charge in [0.1, 0.15) is 0 Å². The molecular formula is C15H19N3. The summed E-state index contributed by atoms with van der Waals surface area (Å²) in [5.41, 5.74) is 1.33. The van der Waals surface area contributed by atoms with Gasteiger partial charge in [0.25, 0.3) is 0 Å². The van der Waals surface area contributed by atoms with E-state index in [4.69, 9.17) is 0 Å². The molecule has 3 rings (SSSR count). The van der Waals surface area contributed by atoms with Gasteiger partial charge >= 0.3 is 0 Å². The Morgan fingerprint density at radius 2 is 2.33 bits per heavy atom. The van der Waals surface area contributed by atoms with Crippen LogP contribution < -0.4 is 10.2 Å². The highest BCUT2D eigenvalue weighted by atomic mass is 15.2. The van der Waals surface area contributed by atoms with Crippen molar-refractivity contribution in [2.75, 3.05) is 24.5 Å². The highest BCUT2D eigenvalue weighted by molar-refractivity contribution is 5.93. The van der Waals surface area contributed by atoms with Crippen molar-refractivity contribution in [3.05, 3.63) is 36.7 Å². The minimum atomic E-state index is 0.588. The third-order valence-electron chi connectivity index (χ3n) is 3.79. The molecule has 0 spiro atoms. The maximum absolute atomic E-state index is 4.28. The first-order valence-corrected chi connectivity index (χ1v) is 6.70. The van der Waals surface area contributed by atoms with E-state index in [1.54, 1.807) is 0 Å². The summed E-state index contributed by atoms with van der Waals surface area (Å²) in [4.78, 5) is 6.81. The van der Waals surface area contributed by atoms with Crippen molar-refractivity contribution in [2.24, 2.45) is 0 Å². The predicted octanol–water partition coefficient (Wildman–Crippen LogP) is 2.42. The van der Waals surface area contributed by atoms with E-state index in [2.05, 4.69) is 46.4 Å². The molecule has 2 heterocycles. The van der Waals surface area contributed by atoms with E-state index in [0.717, 1.165) is 19.6 Å². The van der Waals surface area contributed by atoms with Crippen LogP contribution in [0.5, 0.6) is 0 Å². The maximum atomic E-state index is 4.28. The van der Waals surface area contributed by atoms with Crippen LogP contribution in [0, 0.1) is 0 Å². The largest absolute Gasteiger partial charge is 0.365 e. The van der Waals surface area contributed by atoms with Crippen molar-refractivity contribution >= 4 is 16.5 Å². The Morgan fingerprint density at radius 3 is 3.22 bits per heavy atom. The number of anilines is 1. The van der Waals surface area contributed by atoms with E-state index >= 15 is 0 Å². The van der Waals surface area contributed by atoms with Crippen LogP contribution in [0.3, 0.4) is 0 Å². The molecule has 1 fully saturated rings. The average Bonchev–Trinajstić information content (AvgIpc) is 2.46. The molecule has 0 radical (unpaired) electrons. The van der Waals surface area contributed by atoms with Crippen LogP contribution in [0.15, 0.2) is 36.7 Å². The van der Waals surface area contributed by atoms with E-state index in [9.17, 15) is 0 Å². The number of nitrogens with zero attached hydrogens (tertiary/aromatic N) is 2. The van der Waals surface area contributed by atoms with Crippen LogP contribution in [0.1, 0.15) is 13.3 Å². The van der Waals surface area contributed by atoms with Crippen molar-refractivity contribution in [2.45, 2.75) is 19.4 Å². The Morgan fingerprint density at radius 1 is 1.39 bits per heavy atom. The van der Waals surface area contributed by atoms with Crippen molar-refractivity contribution in [1.82, 2.24) is 10.3 Å². The quantitative estimate of drug-likeness (QED) is 0.875. The molecule has 1 aliphatic rings. The number of piperazine rings is 1. The zero-order valence-corrected chi connectivity index (χ0v) is 10.8. The van der Waals surface area contributed by atoms with Crippen molar-refractivity contribution < 1.29 is 0 Å². The summed E-state index contributed by atoms with van der Waals surface area (Å²) < 4.78 is 0. The number of hydrogen-bond acceptors (Lipinski definition) is 3. The fraction of sp³-hybridized carbons (Fsp3) is 0.400. The van der Waals surface area contributed by atoms with Gasteiger partial charge in [0, 0.05) is 49.1 Å². The second kappa shape index (κ2) is 4.94. The number of fused-ring (bicyclic) bond motifs is 1. The lowest BCUT2D eigenvalue weighted by molar-refractivity contribution is 0.467. The van der Waals surface area contributed by atoms with Crippen LogP contribution >= 0.6 is 0 Å². The Bertz CT molecular complexity index is 533. The van der Waals surface area contributed by atoms with Crippen molar-refractivity contribution in [1.29, 1.82) is 0 Å². The van der Waals surface area contributed by atoms with Crippen LogP contribution in [0.4, 0.5) is 5.69 Å². The van der Waals surface area contributed by atoms with Crippen LogP contribution in [0.25, 0.3) is 10.8 Å². The van der Waals surface area contributed by atoms with Gasteiger partial charge in [-0.05, 0) is 23.9 Å². The van der Waals surface area contributed by atoms with Crippen LogP contribution in [0.2, 0.25) is 0 Å². The molecule has 0 amide bonds. The zero-order chi connectivity index (χ0) is 12.4. The fourth-order valence-electron chi connectivity index (χ4n) is 2.79. The minimum absolute atomic E-state index is 0.588. The Kier molecular flexibility index (Phi) is 3.15. The third kappa shape index (κ3) is 1.95. The van der Waals surface area contributed by atoms with Crippen molar-refractivity contribution in [3.8, 4) is 0 Å². The normalized spacial score (nSPS) is 20.3. The van der Waals surface area contributed by atoms with Gasteiger partial charge < -0.3 is 10.2 Å². The average molecular weight is 241 g/mol. The van der Waals surface area contributed by atoms with Crippen LogP contribution in [-0.2, 0) is 0 Å². The SMILES string of the molecule is CCC1CNCCN1c1cccc2ccncc12. The molecular weight excluding hydrogens is 222 g/mol. The second-order valence-corrected chi connectivity index (χ2v) is 4.83. The molecule has 3 nitrogen and oxygen atoms in total. The zero-order valence-electron chi connectivity index (χ0n) is 10.8. The van der Waals surface area contributed by atoms with E-state index in [1.807, 2.05) is 12.4 Å². The Hall–Kier alpha value is -1.61. The minimum Gasteiger partial charge on any atom is -0.365 e. The Labute approximate surface area is 108 Å². The van der Waals surface area contributed by atoms with Crippen molar-refractivity contribution in [3.63, 3.8) is 0 Å². The molecule has 1 unspecified atom stereocenters. The Balaban J connectivity index is 2.07. The molecule has 1 aliphatic heterocycles. The molecule has 0 bridgehead atoms. The molecule has 18 heavy (non-hydrogen) atoms. The molecule has 1 atom stereocenters. The summed E-state index contributed by atoms with van der Waals surface area (Å²) in [5.74, 6) is 0. The standard InChI is InChI=1S/C15H19N3/c1-2-13-10-17-8-9-18(13)15-5-3-4-12-6-7-16-11-14(12)15/h3-7,11,13,17H,2,8-10H2,1H3. The molecule has 2 aromatic rings. The van der Waals surface area contributed by atoms with Gasteiger partial charge in [-0.15, -0.1) is 0 Å². The van der Waals surface area contributed by atoms with E-state index < -0.39 is 0 Å². The smallest absolute Gasteiger partial charge is 0.0464 e. The van der Waals surface area contributed by atoms with E-state index in [1.165, 1.54) is 22.9 Å². The molecule has 1 N–H and O–H groups in total. The van der Waals surface area contributed by atoms with E-state index in [-0.39, 0.29) is 0 Å². The number of rotatable bonds is 2.